The second kappa shape index (κ2) is 6.96. The molecule has 0 radical (unpaired) electrons. The minimum absolute atomic E-state index is 0.0753. The monoisotopic (exact) mass is 315 g/mol. The molecule has 0 aliphatic carbocycles. The zero-order valence-corrected chi connectivity index (χ0v) is 14.2. The van der Waals surface area contributed by atoms with E-state index >= 15 is 0 Å². The van der Waals surface area contributed by atoms with Gasteiger partial charge in [-0.05, 0) is 37.8 Å². The van der Waals surface area contributed by atoms with Crippen LogP contribution in [0, 0.1) is 13.8 Å². The van der Waals surface area contributed by atoms with Gasteiger partial charge in [0.05, 0.1) is 12.2 Å². The van der Waals surface area contributed by atoms with Crippen LogP contribution in [0.3, 0.4) is 0 Å². The Hall–Kier alpha value is -2.14. The standard InChI is InChI=1S/C18H25N3O2/c1-12(17-13(2)20-21-14(17)3)10-16(22)19-11-18(4,23)15-8-6-5-7-9-15/h5-9,12,23H,10-11H2,1-4H3,(H,19,22)(H,20,21)/t12-,18+/m0/s1. The molecule has 0 aliphatic heterocycles. The summed E-state index contributed by atoms with van der Waals surface area (Å²) >= 11 is 0. The van der Waals surface area contributed by atoms with Crippen molar-refractivity contribution in [2.45, 2.75) is 45.6 Å². The summed E-state index contributed by atoms with van der Waals surface area (Å²) in [4.78, 5) is 12.2. The number of aliphatic hydroxyl groups is 1. The molecule has 5 heteroatoms. The van der Waals surface area contributed by atoms with Crippen LogP contribution in [0.15, 0.2) is 30.3 Å². The molecule has 1 aromatic carbocycles. The van der Waals surface area contributed by atoms with Crippen molar-refractivity contribution in [2.75, 3.05) is 6.54 Å². The summed E-state index contributed by atoms with van der Waals surface area (Å²) in [5.41, 5.74) is 2.73. The molecule has 2 aromatic rings. The third-order valence-electron chi connectivity index (χ3n) is 4.19. The zero-order valence-electron chi connectivity index (χ0n) is 14.2. The molecule has 2 atom stereocenters. The number of nitrogens with zero attached hydrogens (tertiary/aromatic N) is 1. The lowest BCUT2D eigenvalue weighted by Gasteiger charge is -2.24. The Balaban J connectivity index is 1.93. The number of nitrogens with one attached hydrogen (secondary N) is 2. The summed E-state index contributed by atoms with van der Waals surface area (Å²) in [6, 6.07) is 9.35. The van der Waals surface area contributed by atoms with Gasteiger partial charge in [0, 0.05) is 12.1 Å². The van der Waals surface area contributed by atoms with Crippen LogP contribution in [0.2, 0.25) is 0 Å². The van der Waals surface area contributed by atoms with Crippen molar-refractivity contribution in [1.82, 2.24) is 15.5 Å². The van der Waals surface area contributed by atoms with Crippen LogP contribution in [-0.2, 0) is 10.4 Å². The largest absolute Gasteiger partial charge is 0.384 e. The lowest BCUT2D eigenvalue weighted by atomic mass is 9.94. The van der Waals surface area contributed by atoms with Crippen LogP contribution in [0.1, 0.15) is 48.7 Å². The quantitative estimate of drug-likeness (QED) is 0.766. The fourth-order valence-corrected chi connectivity index (χ4v) is 2.91. The van der Waals surface area contributed by atoms with E-state index in [1.807, 2.05) is 51.1 Å². The molecule has 0 fully saturated rings. The SMILES string of the molecule is Cc1n[nH]c(C)c1[C@@H](C)CC(=O)NC[C@@](C)(O)c1ccccc1. The van der Waals surface area contributed by atoms with Crippen LogP contribution in [-0.4, -0.2) is 27.8 Å². The number of benzene rings is 1. The molecular weight excluding hydrogens is 290 g/mol. The maximum absolute atomic E-state index is 12.2. The Labute approximate surface area is 137 Å². The highest BCUT2D eigenvalue weighted by Gasteiger charge is 2.24. The minimum Gasteiger partial charge on any atom is -0.384 e. The summed E-state index contributed by atoms with van der Waals surface area (Å²) in [6.07, 6.45) is 0.367. The molecule has 5 nitrogen and oxygen atoms in total. The van der Waals surface area contributed by atoms with Gasteiger partial charge in [0.15, 0.2) is 0 Å². The number of hydrogen-bond acceptors (Lipinski definition) is 3. The summed E-state index contributed by atoms with van der Waals surface area (Å²) in [5, 5.41) is 20.5. The first-order chi connectivity index (χ1) is 10.8. The fourth-order valence-electron chi connectivity index (χ4n) is 2.91. The van der Waals surface area contributed by atoms with Crippen LogP contribution in [0.25, 0.3) is 0 Å². The molecule has 1 heterocycles. The molecule has 3 N–H and O–H groups in total. The predicted octanol–water partition coefficient (Wildman–Crippen LogP) is 2.54. The van der Waals surface area contributed by atoms with E-state index in [-0.39, 0.29) is 18.4 Å². The third-order valence-corrected chi connectivity index (χ3v) is 4.19. The van der Waals surface area contributed by atoms with E-state index in [9.17, 15) is 9.90 Å². The van der Waals surface area contributed by atoms with E-state index in [4.69, 9.17) is 0 Å². The number of carbonyl (C=O) groups is 1. The van der Waals surface area contributed by atoms with Crippen LogP contribution >= 0.6 is 0 Å². The highest BCUT2D eigenvalue weighted by molar-refractivity contribution is 5.77. The number of hydrogen-bond donors (Lipinski definition) is 3. The zero-order chi connectivity index (χ0) is 17.0. The van der Waals surface area contributed by atoms with Gasteiger partial charge in [-0.2, -0.15) is 5.10 Å². The van der Waals surface area contributed by atoms with E-state index in [0.29, 0.717) is 6.42 Å². The molecule has 23 heavy (non-hydrogen) atoms. The van der Waals surface area contributed by atoms with E-state index in [1.54, 1.807) is 6.92 Å². The van der Waals surface area contributed by atoms with Gasteiger partial charge in [0.25, 0.3) is 0 Å². The maximum atomic E-state index is 12.2. The number of aromatic amines is 1. The molecular formula is C18H25N3O2. The minimum atomic E-state index is -1.08. The Morgan fingerprint density at radius 1 is 1.35 bits per heavy atom. The molecule has 0 spiro atoms. The second-order valence-corrected chi connectivity index (χ2v) is 6.37. The van der Waals surface area contributed by atoms with Crippen molar-refractivity contribution in [3.05, 3.63) is 52.8 Å². The van der Waals surface area contributed by atoms with Gasteiger partial charge in [-0.15, -0.1) is 0 Å². The number of aromatic nitrogens is 2. The van der Waals surface area contributed by atoms with Crippen LogP contribution < -0.4 is 5.32 Å². The molecule has 0 saturated carbocycles. The normalized spacial score (nSPS) is 15.0. The van der Waals surface area contributed by atoms with Gasteiger partial charge in [-0.25, -0.2) is 0 Å². The van der Waals surface area contributed by atoms with E-state index in [2.05, 4.69) is 15.5 Å². The van der Waals surface area contributed by atoms with Crippen molar-refractivity contribution in [3.63, 3.8) is 0 Å². The van der Waals surface area contributed by atoms with Gasteiger partial charge in [-0.1, -0.05) is 37.3 Å². The number of aryl methyl sites for hydroxylation is 2. The molecule has 2 rings (SSSR count). The average Bonchev–Trinajstić information content (AvgIpc) is 2.85. The van der Waals surface area contributed by atoms with Gasteiger partial charge >= 0.3 is 0 Å². The van der Waals surface area contributed by atoms with Crippen LogP contribution in [0.4, 0.5) is 0 Å². The lowest BCUT2D eigenvalue weighted by Crippen LogP contribution is -2.38. The fraction of sp³-hybridized carbons (Fsp3) is 0.444. The highest BCUT2D eigenvalue weighted by atomic mass is 16.3. The maximum Gasteiger partial charge on any atom is 0.220 e. The van der Waals surface area contributed by atoms with Crippen molar-refractivity contribution < 1.29 is 9.90 Å². The first-order valence-corrected chi connectivity index (χ1v) is 7.87. The molecule has 1 amide bonds. The first kappa shape index (κ1) is 17.2. The van der Waals surface area contributed by atoms with E-state index in [0.717, 1.165) is 22.5 Å². The van der Waals surface area contributed by atoms with E-state index in [1.165, 1.54) is 0 Å². The Morgan fingerprint density at radius 3 is 2.57 bits per heavy atom. The predicted molar refractivity (Wildman–Crippen MR) is 90.1 cm³/mol. The molecule has 0 aliphatic rings. The summed E-state index contributed by atoms with van der Waals surface area (Å²) in [5.74, 6) is 0.00382. The molecule has 124 valence electrons. The highest BCUT2D eigenvalue weighted by Crippen LogP contribution is 2.24. The van der Waals surface area contributed by atoms with Crippen LogP contribution in [0.5, 0.6) is 0 Å². The topological polar surface area (TPSA) is 78.0 Å². The van der Waals surface area contributed by atoms with Crippen molar-refractivity contribution >= 4 is 5.91 Å². The average molecular weight is 315 g/mol. The summed E-state index contributed by atoms with van der Waals surface area (Å²) in [7, 11) is 0. The third kappa shape index (κ3) is 4.20. The van der Waals surface area contributed by atoms with Crippen molar-refractivity contribution in [3.8, 4) is 0 Å². The number of rotatable bonds is 6. The molecule has 0 saturated heterocycles. The van der Waals surface area contributed by atoms with Gasteiger partial charge in [-0.3, -0.25) is 9.89 Å². The van der Waals surface area contributed by atoms with E-state index < -0.39 is 5.60 Å². The number of H-pyrrole nitrogens is 1. The smallest absolute Gasteiger partial charge is 0.220 e. The number of amides is 1. The van der Waals surface area contributed by atoms with Gasteiger partial charge < -0.3 is 10.4 Å². The Morgan fingerprint density at radius 2 is 2.00 bits per heavy atom. The Kier molecular flexibility index (Phi) is 5.21. The molecule has 0 unspecified atom stereocenters. The molecule has 0 bridgehead atoms. The lowest BCUT2D eigenvalue weighted by molar-refractivity contribution is -0.122. The second-order valence-electron chi connectivity index (χ2n) is 6.37. The summed E-state index contributed by atoms with van der Waals surface area (Å²) < 4.78 is 0. The van der Waals surface area contributed by atoms with Gasteiger partial charge in [0.2, 0.25) is 5.91 Å². The van der Waals surface area contributed by atoms with Gasteiger partial charge in [0.1, 0.15) is 5.60 Å². The Bertz CT molecular complexity index is 643. The van der Waals surface area contributed by atoms with Crippen molar-refractivity contribution in [2.24, 2.45) is 0 Å². The summed E-state index contributed by atoms with van der Waals surface area (Å²) in [6.45, 7) is 7.81. The number of carbonyl (C=O) groups excluding carboxylic acids is 1. The van der Waals surface area contributed by atoms with Crippen molar-refractivity contribution in [1.29, 1.82) is 0 Å². The molecule has 1 aromatic heterocycles. The first-order valence-electron chi connectivity index (χ1n) is 7.87.